The molecule has 0 amide bonds. The van der Waals surface area contributed by atoms with Crippen LogP contribution in [-0.2, 0) is 22.6 Å². The number of allylic oxidation sites excluding steroid dienone is 1. The minimum absolute atomic E-state index is 0. The van der Waals surface area contributed by atoms with Gasteiger partial charge >= 0.3 is 23.1 Å². The predicted molar refractivity (Wildman–Crippen MR) is 112 cm³/mol. The summed E-state index contributed by atoms with van der Waals surface area (Å²) in [5.74, 6) is -3.58. The fraction of sp³-hybridized carbons (Fsp3) is 0.304. The number of benzene rings is 2. The van der Waals surface area contributed by atoms with Crippen molar-refractivity contribution in [3.63, 3.8) is 0 Å². The summed E-state index contributed by atoms with van der Waals surface area (Å²) < 4.78 is 0. The zero-order valence-electron chi connectivity index (χ0n) is 16.7. The molecule has 152 valence electrons. The molecule has 0 N–H and O–H groups in total. The van der Waals surface area contributed by atoms with E-state index in [1.165, 1.54) is 5.56 Å². The van der Waals surface area contributed by atoms with E-state index in [4.69, 9.17) is 11.6 Å². The molecule has 1 aliphatic rings. The maximum absolute atomic E-state index is 13.0. The fourth-order valence-electron chi connectivity index (χ4n) is 3.82. The van der Waals surface area contributed by atoms with Crippen LogP contribution in [0.2, 0.25) is 5.02 Å². The van der Waals surface area contributed by atoms with Crippen molar-refractivity contribution in [3.8, 4) is 0 Å². The van der Waals surface area contributed by atoms with Crippen LogP contribution < -0.4 is 10.2 Å². The van der Waals surface area contributed by atoms with Crippen LogP contribution in [-0.4, -0.2) is 52.8 Å². The Morgan fingerprint density at radius 3 is 2.13 bits per heavy atom. The molecule has 1 saturated heterocycles. The van der Waals surface area contributed by atoms with Gasteiger partial charge in [-0.15, -0.1) is 0 Å². The third-order valence-corrected chi connectivity index (χ3v) is 5.76. The molecule has 1 aliphatic heterocycles. The second-order valence-corrected chi connectivity index (χ2v) is 7.94. The van der Waals surface area contributed by atoms with Gasteiger partial charge < -0.3 is 15.0 Å². The topological polar surface area (TPSA) is 83.5 Å². The van der Waals surface area contributed by atoms with E-state index in [0.717, 1.165) is 12.1 Å². The number of ketones is 1. The third kappa shape index (κ3) is 6.32. The molecule has 0 saturated carbocycles. The maximum Gasteiger partial charge on any atom is 2.00 e. The van der Waals surface area contributed by atoms with Crippen LogP contribution in [0.4, 0.5) is 0 Å². The van der Waals surface area contributed by atoms with E-state index in [-0.39, 0.29) is 23.1 Å². The second-order valence-electron chi connectivity index (χ2n) is 7.51. The van der Waals surface area contributed by atoms with Crippen LogP contribution in [0, 0.1) is 5.41 Å². The van der Waals surface area contributed by atoms with Crippen LogP contribution >= 0.6 is 11.6 Å². The summed E-state index contributed by atoms with van der Waals surface area (Å²) in [6.45, 7) is 2.15. The van der Waals surface area contributed by atoms with Crippen molar-refractivity contribution in [2.45, 2.75) is 25.8 Å². The Kier molecular flexibility index (Phi) is 8.91. The van der Waals surface area contributed by atoms with Gasteiger partial charge in [-0.2, -0.15) is 0 Å². The summed E-state index contributed by atoms with van der Waals surface area (Å²) in [5, 5.41) is 23.0. The molecule has 0 atom stereocenters. The van der Waals surface area contributed by atoms with Gasteiger partial charge in [-0.05, 0) is 61.7 Å². The van der Waals surface area contributed by atoms with E-state index in [1.807, 2.05) is 30.3 Å². The number of piperidine rings is 1. The van der Waals surface area contributed by atoms with Gasteiger partial charge in [0.25, 0.3) is 0 Å². The number of aliphatic carboxylic acids is 1. The average Bonchev–Trinajstić information content (AvgIpc) is 2.72. The summed E-state index contributed by atoms with van der Waals surface area (Å²) in [6.07, 6.45) is 2.20. The molecule has 0 aromatic heterocycles. The Labute approximate surface area is 197 Å². The first-order valence-corrected chi connectivity index (χ1v) is 9.91. The molecule has 0 spiro atoms. The van der Waals surface area contributed by atoms with Gasteiger partial charge in [-0.1, -0.05) is 59.8 Å². The van der Waals surface area contributed by atoms with Crippen molar-refractivity contribution in [1.82, 2.24) is 4.90 Å². The summed E-state index contributed by atoms with van der Waals surface area (Å²) in [6, 6.07) is 17.3. The molecule has 0 bridgehead atoms. The fourth-order valence-corrected chi connectivity index (χ4v) is 3.94. The molecule has 7 heteroatoms. The molecular formula is C23H22ClMgNO4. The van der Waals surface area contributed by atoms with Crippen LogP contribution in [0.5, 0.6) is 0 Å². The number of hydrogen-bond acceptors (Lipinski definition) is 5. The van der Waals surface area contributed by atoms with E-state index >= 15 is 0 Å². The summed E-state index contributed by atoms with van der Waals surface area (Å²) in [7, 11) is 0. The Bertz CT molecular complexity index is 891. The Morgan fingerprint density at radius 2 is 1.57 bits per heavy atom. The van der Waals surface area contributed by atoms with Crippen LogP contribution in [0.3, 0.4) is 0 Å². The minimum atomic E-state index is -1.86. The van der Waals surface area contributed by atoms with Crippen LogP contribution in [0.1, 0.15) is 24.0 Å². The first-order valence-electron chi connectivity index (χ1n) is 9.53. The SMILES string of the molecule is O=C([O-])C([O-])=CC(=O)C1(Cc2ccc(Cl)cc2)CCN(Cc2ccccc2)CC1.[Mg+2]. The van der Waals surface area contributed by atoms with E-state index in [0.29, 0.717) is 43.5 Å². The summed E-state index contributed by atoms with van der Waals surface area (Å²) in [4.78, 5) is 26.0. The van der Waals surface area contributed by atoms with E-state index in [1.54, 1.807) is 12.1 Å². The Hall–Kier alpha value is -1.86. The van der Waals surface area contributed by atoms with Gasteiger partial charge in [0, 0.05) is 17.0 Å². The number of carbonyl (C=O) groups excluding carboxylic acids is 2. The molecule has 0 aliphatic carbocycles. The number of carbonyl (C=O) groups is 2. The monoisotopic (exact) mass is 435 g/mol. The predicted octanol–water partition coefficient (Wildman–Crippen LogP) is 1.35. The van der Waals surface area contributed by atoms with Gasteiger partial charge in [0.1, 0.15) is 0 Å². The Morgan fingerprint density at radius 1 is 0.967 bits per heavy atom. The molecule has 2 aromatic rings. The van der Waals surface area contributed by atoms with E-state index < -0.39 is 22.9 Å². The second kappa shape index (κ2) is 11.0. The van der Waals surface area contributed by atoms with Gasteiger partial charge in [-0.25, -0.2) is 0 Å². The normalized spacial score (nSPS) is 16.5. The van der Waals surface area contributed by atoms with E-state index in [9.17, 15) is 19.8 Å². The van der Waals surface area contributed by atoms with Crippen molar-refractivity contribution in [2.24, 2.45) is 5.41 Å². The van der Waals surface area contributed by atoms with Crippen molar-refractivity contribution < 1.29 is 19.8 Å². The summed E-state index contributed by atoms with van der Waals surface area (Å²) in [5.41, 5.74) is 1.31. The van der Waals surface area contributed by atoms with Gasteiger partial charge in [0.05, 0.1) is 5.97 Å². The zero-order chi connectivity index (χ0) is 20.9. The molecule has 30 heavy (non-hydrogen) atoms. The van der Waals surface area contributed by atoms with Crippen molar-refractivity contribution in [3.05, 3.63) is 82.6 Å². The molecule has 1 fully saturated rings. The largest absolute Gasteiger partial charge is 2.00 e. The molecule has 0 radical (unpaired) electrons. The zero-order valence-corrected chi connectivity index (χ0v) is 18.9. The van der Waals surface area contributed by atoms with Crippen LogP contribution in [0.25, 0.3) is 0 Å². The van der Waals surface area contributed by atoms with Crippen molar-refractivity contribution >= 4 is 46.4 Å². The molecule has 3 rings (SSSR count). The first-order chi connectivity index (χ1) is 13.9. The Balaban J connectivity index is 0.00000320. The smallest absolute Gasteiger partial charge is 0.871 e. The van der Waals surface area contributed by atoms with Crippen molar-refractivity contribution in [2.75, 3.05) is 13.1 Å². The number of halogens is 1. The molecule has 1 heterocycles. The quantitative estimate of drug-likeness (QED) is 0.372. The number of carboxylic acids is 1. The number of nitrogens with zero attached hydrogens (tertiary/aromatic N) is 1. The number of likely N-dealkylation sites (tertiary alicyclic amines) is 1. The minimum Gasteiger partial charge on any atom is -0.871 e. The van der Waals surface area contributed by atoms with E-state index in [2.05, 4.69) is 17.0 Å². The standard InChI is InChI=1S/C23H24ClNO4.Mg/c24-19-8-6-17(7-9-19)15-23(21(27)14-20(26)22(28)29)10-12-25(13-11-23)16-18-4-2-1-3-5-18;/h1-9,14,26H,10-13,15-16H2,(H,28,29);/q;+2/p-2. The molecule has 2 aromatic carbocycles. The van der Waals surface area contributed by atoms with Gasteiger partial charge in [-0.3, -0.25) is 9.69 Å². The number of carboxylic acid groups (broad SMARTS) is 1. The van der Waals surface area contributed by atoms with Gasteiger partial charge in [0.15, 0.2) is 5.78 Å². The van der Waals surface area contributed by atoms with Crippen molar-refractivity contribution in [1.29, 1.82) is 0 Å². The first kappa shape index (κ1) is 24.4. The van der Waals surface area contributed by atoms with Crippen LogP contribution in [0.15, 0.2) is 66.4 Å². The number of hydrogen-bond donors (Lipinski definition) is 0. The number of rotatable bonds is 7. The molecule has 0 unspecified atom stereocenters. The average molecular weight is 436 g/mol. The third-order valence-electron chi connectivity index (χ3n) is 5.50. The molecular weight excluding hydrogens is 414 g/mol. The van der Waals surface area contributed by atoms with Gasteiger partial charge in [0.2, 0.25) is 0 Å². The maximum atomic E-state index is 13.0. The summed E-state index contributed by atoms with van der Waals surface area (Å²) >= 11 is 5.95. The molecule has 5 nitrogen and oxygen atoms in total.